The Labute approximate surface area is 64.1 Å². The molecule has 2 fully saturated rings. The maximum absolute atomic E-state index is 5.41. The van der Waals surface area contributed by atoms with Crippen molar-refractivity contribution in [3.63, 3.8) is 0 Å². The van der Waals surface area contributed by atoms with Gasteiger partial charge < -0.3 is 0 Å². The fourth-order valence-electron chi connectivity index (χ4n) is 1.21. The van der Waals surface area contributed by atoms with Crippen LogP contribution in [0.3, 0.4) is 0 Å². The van der Waals surface area contributed by atoms with Gasteiger partial charge in [0.1, 0.15) is 5.44 Å². The van der Waals surface area contributed by atoms with Crippen molar-refractivity contribution in [3.05, 3.63) is 0 Å². The maximum Gasteiger partial charge on any atom is 0.121 e. The molecule has 0 unspecified atom stereocenters. The largest absolute Gasteiger partial charge is 0.300 e. The molecule has 0 N–H and O–H groups in total. The highest BCUT2D eigenvalue weighted by Crippen LogP contribution is 2.56. The van der Waals surface area contributed by atoms with E-state index in [-0.39, 0.29) is 0 Å². The Morgan fingerprint density at radius 1 is 1.22 bits per heavy atom. The average Bonchev–Trinajstić information content (AvgIpc) is 2.37. The van der Waals surface area contributed by atoms with E-state index in [1.165, 1.54) is 0 Å². The van der Waals surface area contributed by atoms with Gasteiger partial charge in [0, 0.05) is 12.0 Å². The number of thioether (sulfide) groups is 1. The van der Waals surface area contributed by atoms with Crippen LogP contribution in [0, 0.1) is 11.8 Å². The van der Waals surface area contributed by atoms with Crippen molar-refractivity contribution in [2.45, 2.75) is 23.9 Å². The molecule has 4 atom stereocenters. The molecule has 0 aliphatic carbocycles. The Bertz CT molecular complexity index is 110. The molecule has 2 rings (SSSR count). The van der Waals surface area contributed by atoms with Crippen LogP contribution in [0.5, 0.6) is 0 Å². The van der Waals surface area contributed by atoms with Crippen LogP contribution in [-0.2, 0) is 4.18 Å². The van der Waals surface area contributed by atoms with E-state index in [4.69, 9.17) is 4.18 Å². The first-order chi connectivity index (χ1) is 4.29. The van der Waals surface area contributed by atoms with Gasteiger partial charge in [-0.2, -0.15) is 0 Å². The van der Waals surface area contributed by atoms with E-state index in [1.807, 2.05) is 11.8 Å². The molecular weight excluding hydrogens is 152 g/mol. The highest BCUT2D eigenvalue weighted by Gasteiger charge is 2.46. The molecule has 0 radical (unpaired) electrons. The molecule has 0 aromatic carbocycles. The monoisotopic (exact) mass is 162 g/mol. The second-order valence-electron chi connectivity index (χ2n) is 2.78. The summed E-state index contributed by atoms with van der Waals surface area (Å²) in [6.07, 6.45) is 0. The lowest BCUT2D eigenvalue weighted by atomic mass is 9.99. The Balaban J connectivity index is 2.15. The predicted molar refractivity (Wildman–Crippen MR) is 42.2 cm³/mol. The van der Waals surface area contributed by atoms with Crippen LogP contribution in [0.4, 0.5) is 0 Å². The quantitative estimate of drug-likeness (QED) is 0.506. The molecule has 2 aliphatic rings. The highest BCUT2D eigenvalue weighted by molar-refractivity contribution is 8.18. The molecule has 1 nitrogen and oxygen atoms in total. The molecule has 0 saturated carbocycles. The third kappa shape index (κ3) is 0.819. The lowest BCUT2D eigenvalue weighted by molar-refractivity contribution is 0.219. The summed E-state index contributed by atoms with van der Waals surface area (Å²) in [5.41, 5.74) is 0.495. The molecule has 2 bridgehead atoms. The van der Waals surface area contributed by atoms with Gasteiger partial charge in [-0.05, 0) is 11.8 Å². The Hall–Kier alpha value is 0.660. The zero-order chi connectivity index (χ0) is 6.43. The summed E-state index contributed by atoms with van der Waals surface area (Å²) in [7, 11) is 0. The SMILES string of the molecule is C[C@@H]1[C@@H](C)[C@H]2SO[C@@H]1S2. The van der Waals surface area contributed by atoms with Gasteiger partial charge in [-0.1, -0.05) is 13.8 Å². The van der Waals surface area contributed by atoms with Crippen molar-refractivity contribution in [2.75, 3.05) is 0 Å². The van der Waals surface area contributed by atoms with Crippen LogP contribution < -0.4 is 0 Å². The minimum atomic E-state index is 0.495. The molecule has 2 heterocycles. The Morgan fingerprint density at radius 3 is 2.33 bits per heavy atom. The number of fused-ring (bicyclic) bond motifs is 2. The summed E-state index contributed by atoms with van der Waals surface area (Å²) in [6, 6.07) is 0. The molecule has 0 amide bonds. The maximum atomic E-state index is 5.41. The second kappa shape index (κ2) is 2.07. The molecule has 0 aromatic rings. The van der Waals surface area contributed by atoms with Gasteiger partial charge in [0.25, 0.3) is 0 Å². The molecule has 3 heteroatoms. The van der Waals surface area contributed by atoms with Crippen LogP contribution in [0.25, 0.3) is 0 Å². The van der Waals surface area contributed by atoms with E-state index in [1.54, 1.807) is 12.0 Å². The molecule has 0 spiro atoms. The number of hydrogen-bond donors (Lipinski definition) is 0. The minimum absolute atomic E-state index is 0.495. The smallest absolute Gasteiger partial charge is 0.121 e. The lowest BCUT2D eigenvalue weighted by Crippen LogP contribution is -2.20. The predicted octanol–water partition coefficient (Wildman–Crippen LogP) is 2.34. The topological polar surface area (TPSA) is 9.23 Å². The zero-order valence-corrected chi connectivity index (χ0v) is 7.17. The molecule has 0 aromatic heterocycles. The lowest BCUT2D eigenvalue weighted by Gasteiger charge is -2.21. The normalized spacial score (nSPS) is 56.7. The van der Waals surface area contributed by atoms with Gasteiger partial charge in [-0.15, -0.1) is 11.8 Å². The van der Waals surface area contributed by atoms with Crippen LogP contribution in [0.15, 0.2) is 0 Å². The van der Waals surface area contributed by atoms with Crippen LogP contribution in [0.1, 0.15) is 13.8 Å². The first kappa shape index (κ1) is 6.38. The summed E-state index contributed by atoms with van der Waals surface area (Å²) < 4.78 is 6.14. The van der Waals surface area contributed by atoms with Crippen molar-refractivity contribution in [1.82, 2.24) is 0 Å². The molecule has 9 heavy (non-hydrogen) atoms. The number of hydrogen-bond acceptors (Lipinski definition) is 3. The summed E-state index contributed by atoms with van der Waals surface area (Å²) in [5.74, 6) is 1.61. The first-order valence-electron chi connectivity index (χ1n) is 3.26. The summed E-state index contributed by atoms with van der Waals surface area (Å²) >= 11 is 3.66. The van der Waals surface area contributed by atoms with Crippen molar-refractivity contribution < 1.29 is 4.18 Å². The third-order valence-electron chi connectivity index (χ3n) is 2.20. The van der Waals surface area contributed by atoms with Gasteiger partial charge in [0.15, 0.2) is 0 Å². The second-order valence-corrected chi connectivity index (χ2v) is 5.22. The average molecular weight is 162 g/mol. The van der Waals surface area contributed by atoms with Crippen molar-refractivity contribution in [1.29, 1.82) is 0 Å². The van der Waals surface area contributed by atoms with E-state index >= 15 is 0 Å². The van der Waals surface area contributed by atoms with Gasteiger partial charge in [-0.25, -0.2) is 0 Å². The van der Waals surface area contributed by atoms with Gasteiger partial charge in [-0.3, -0.25) is 4.18 Å². The summed E-state index contributed by atoms with van der Waals surface area (Å²) in [6.45, 7) is 4.60. The Morgan fingerprint density at radius 2 is 2.00 bits per heavy atom. The molecular formula is C6H10OS2. The van der Waals surface area contributed by atoms with Gasteiger partial charge in [0.05, 0.1) is 4.58 Å². The van der Waals surface area contributed by atoms with Gasteiger partial charge in [0.2, 0.25) is 0 Å². The van der Waals surface area contributed by atoms with E-state index in [0.717, 1.165) is 16.4 Å². The fraction of sp³-hybridized carbons (Fsp3) is 1.00. The van der Waals surface area contributed by atoms with Crippen molar-refractivity contribution >= 4 is 23.8 Å². The van der Waals surface area contributed by atoms with E-state index in [0.29, 0.717) is 5.44 Å². The minimum Gasteiger partial charge on any atom is -0.300 e. The third-order valence-corrected chi connectivity index (χ3v) is 5.32. The summed E-state index contributed by atoms with van der Waals surface area (Å²) in [4.78, 5) is 0. The summed E-state index contributed by atoms with van der Waals surface area (Å²) in [5, 5.41) is 0. The standard InChI is InChI=1S/C6H10OS2/c1-3-4(2)6-8-5(3)7-9-6/h3-6H,1-2H3/t3-,4-,5-,6-/m1/s1. The van der Waals surface area contributed by atoms with Crippen LogP contribution >= 0.6 is 23.8 Å². The fourth-order valence-corrected chi connectivity index (χ4v) is 4.24. The molecule has 2 aliphatic heterocycles. The van der Waals surface area contributed by atoms with Gasteiger partial charge >= 0.3 is 0 Å². The van der Waals surface area contributed by atoms with Crippen molar-refractivity contribution in [3.8, 4) is 0 Å². The molecule has 2 saturated heterocycles. The number of rotatable bonds is 0. The van der Waals surface area contributed by atoms with Crippen LogP contribution in [0.2, 0.25) is 0 Å². The zero-order valence-electron chi connectivity index (χ0n) is 5.53. The van der Waals surface area contributed by atoms with E-state index < -0.39 is 0 Å². The molecule has 52 valence electrons. The Kier molecular flexibility index (Phi) is 1.47. The highest BCUT2D eigenvalue weighted by atomic mass is 32.2. The van der Waals surface area contributed by atoms with Crippen molar-refractivity contribution in [2.24, 2.45) is 11.8 Å². The van der Waals surface area contributed by atoms with E-state index in [2.05, 4.69) is 13.8 Å². The van der Waals surface area contributed by atoms with Crippen LogP contribution in [-0.4, -0.2) is 10.0 Å². The first-order valence-corrected chi connectivity index (χ1v) is 5.01. The van der Waals surface area contributed by atoms with E-state index in [9.17, 15) is 0 Å².